The van der Waals surface area contributed by atoms with E-state index in [9.17, 15) is 4.79 Å². The minimum Gasteiger partial charge on any atom is -0.481 e. The maximum Gasteiger partial charge on any atom is 0.246 e. The van der Waals surface area contributed by atoms with Gasteiger partial charge in [0.05, 0.1) is 19.3 Å². The van der Waals surface area contributed by atoms with Crippen LogP contribution in [0.15, 0.2) is 30.7 Å². The van der Waals surface area contributed by atoms with Crippen molar-refractivity contribution in [2.75, 3.05) is 36.5 Å². The van der Waals surface area contributed by atoms with Crippen LogP contribution in [0.1, 0.15) is 5.69 Å². The molecule has 3 heterocycles. The first kappa shape index (κ1) is 14.2. The smallest absolute Gasteiger partial charge is 0.246 e. The van der Waals surface area contributed by atoms with E-state index in [-0.39, 0.29) is 5.91 Å². The molecule has 1 fully saturated rings. The third-order valence-corrected chi connectivity index (χ3v) is 3.57. The highest BCUT2D eigenvalue weighted by Crippen LogP contribution is 2.22. The fourth-order valence-corrected chi connectivity index (χ4v) is 2.43. The maximum absolute atomic E-state index is 12.4. The second-order valence-corrected chi connectivity index (χ2v) is 5.04. The number of hydrogen-bond donors (Lipinski definition) is 0. The van der Waals surface area contributed by atoms with E-state index in [1.54, 1.807) is 24.3 Å². The Morgan fingerprint density at radius 3 is 2.77 bits per heavy atom. The van der Waals surface area contributed by atoms with Crippen LogP contribution in [-0.2, 0) is 4.79 Å². The summed E-state index contributed by atoms with van der Waals surface area (Å²) in [4.78, 5) is 28.5. The Hall–Kier alpha value is -2.70. The van der Waals surface area contributed by atoms with Crippen LogP contribution in [0.2, 0.25) is 0 Å². The largest absolute Gasteiger partial charge is 0.481 e. The predicted molar refractivity (Wildman–Crippen MR) is 82.1 cm³/mol. The van der Waals surface area contributed by atoms with Crippen molar-refractivity contribution in [3.8, 4) is 5.88 Å². The van der Waals surface area contributed by atoms with E-state index in [0.717, 1.165) is 17.2 Å². The first-order chi connectivity index (χ1) is 10.7. The Morgan fingerprint density at radius 1 is 1.18 bits per heavy atom. The summed E-state index contributed by atoms with van der Waals surface area (Å²) in [6.45, 7) is 3.51. The van der Waals surface area contributed by atoms with Crippen LogP contribution in [0, 0.1) is 6.92 Å². The molecule has 2 aromatic rings. The number of anilines is 2. The van der Waals surface area contributed by atoms with Gasteiger partial charge in [-0.05, 0) is 13.0 Å². The summed E-state index contributed by atoms with van der Waals surface area (Å²) in [7, 11) is 1.56. The third kappa shape index (κ3) is 2.83. The topological polar surface area (TPSA) is 71.5 Å². The molecule has 1 saturated heterocycles. The molecule has 1 aliphatic rings. The Morgan fingerprint density at radius 2 is 2.05 bits per heavy atom. The molecule has 0 radical (unpaired) electrons. The van der Waals surface area contributed by atoms with Gasteiger partial charge in [0.1, 0.15) is 12.1 Å². The van der Waals surface area contributed by atoms with Crippen LogP contribution in [0.3, 0.4) is 0 Å². The molecule has 0 atom stereocenters. The van der Waals surface area contributed by atoms with Crippen molar-refractivity contribution >= 4 is 17.4 Å². The number of pyridine rings is 1. The van der Waals surface area contributed by atoms with Crippen LogP contribution in [0.25, 0.3) is 0 Å². The van der Waals surface area contributed by atoms with Crippen LogP contribution >= 0.6 is 0 Å². The number of methoxy groups -OCH3 is 1. The van der Waals surface area contributed by atoms with Crippen LogP contribution in [0.5, 0.6) is 5.88 Å². The SMILES string of the molecule is COc1cc(N2CCN(c3cc(C)ncn3)CC2=O)ccn1. The normalized spacial score (nSPS) is 15.1. The lowest BCUT2D eigenvalue weighted by atomic mass is 10.2. The van der Waals surface area contributed by atoms with Gasteiger partial charge in [-0.3, -0.25) is 4.79 Å². The first-order valence-corrected chi connectivity index (χ1v) is 7.01. The fourth-order valence-electron chi connectivity index (χ4n) is 2.43. The lowest BCUT2D eigenvalue weighted by Gasteiger charge is -2.34. The van der Waals surface area contributed by atoms with Crippen molar-refractivity contribution in [1.82, 2.24) is 15.0 Å². The molecule has 0 spiro atoms. The molecule has 114 valence electrons. The number of hydrogen-bond acceptors (Lipinski definition) is 6. The quantitative estimate of drug-likeness (QED) is 0.843. The van der Waals surface area contributed by atoms with Crippen molar-refractivity contribution < 1.29 is 9.53 Å². The number of aromatic nitrogens is 3. The highest BCUT2D eigenvalue weighted by molar-refractivity contribution is 5.97. The zero-order chi connectivity index (χ0) is 15.5. The van der Waals surface area contributed by atoms with Gasteiger partial charge in [0.2, 0.25) is 11.8 Å². The third-order valence-electron chi connectivity index (χ3n) is 3.57. The molecule has 1 amide bonds. The Bertz CT molecular complexity index is 691. The average Bonchev–Trinajstić information content (AvgIpc) is 2.55. The Labute approximate surface area is 128 Å². The minimum atomic E-state index is 0.0239. The van der Waals surface area contributed by atoms with Crippen molar-refractivity contribution in [2.45, 2.75) is 6.92 Å². The molecule has 7 heteroatoms. The summed E-state index contributed by atoms with van der Waals surface area (Å²) < 4.78 is 5.11. The van der Waals surface area contributed by atoms with Gasteiger partial charge in [-0.25, -0.2) is 15.0 Å². The average molecular weight is 299 g/mol. The number of carbonyl (C=O) groups excluding carboxylic acids is 1. The molecule has 2 aromatic heterocycles. The van der Waals surface area contributed by atoms with Crippen molar-refractivity contribution in [3.05, 3.63) is 36.4 Å². The highest BCUT2D eigenvalue weighted by Gasteiger charge is 2.26. The lowest BCUT2D eigenvalue weighted by molar-refractivity contribution is -0.117. The molecule has 0 N–H and O–H groups in total. The van der Waals surface area contributed by atoms with Gasteiger partial charge in [0.25, 0.3) is 0 Å². The van der Waals surface area contributed by atoms with E-state index in [2.05, 4.69) is 15.0 Å². The van der Waals surface area contributed by atoms with Crippen LogP contribution < -0.4 is 14.5 Å². The Kier molecular flexibility index (Phi) is 3.86. The summed E-state index contributed by atoms with van der Waals surface area (Å²) in [6, 6.07) is 5.46. The number of rotatable bonds is 3. The van der Waals surface area contributed by atoms with Gasteiger partial charge >= 0.3 is 0 Å². The number of nitrogens with zero attached hydrogens (tertiary/aromatic N) is 5. The molecule has 1 aliphatic heterocycles. The molecule has 0 saturated carbocycles. The van der Waals surface area contributed by atoms with E-state index >= 15 is 0 Å². The number of amides is 1. The summed E-state index contributed by atoms with van der Waals surface area (Å²) in [6.07, 6.45) is 3.16. The highest BCUT2D eigenvalue weighted by atomic mass is 16.5. The second kappa shape index (κ2) is 5.97. The van der Waals surface area contributed by atoms with E-state index < -0.39 is 0 Å². The van der Waals surface area contributed by atoms with Gasteiger partial charge in [-0.2, -0.15) is 0 Å². The zero-order valence-corrected chi connectivity index (χ0v) is 12.6. The molecule has 7 nitrogen and oxygen atoms in total. The Balaban J connectivity index is 1.76. The van der Waals surface area contributed by atoms with Gasteiger partial charge in [-0.1, -0.05) is 0 Å². The minimum absolute atomic E-state index is 0.0239. The summed E-state index contributed by atoms with van der Waals surface area (Å²) in [5.74, 6) is 1.31. The second-order valence-electron chi connectivity index (χ2n) is 5.04. The van der Waals surface area contributed by atoms with Gasteiger partial charge in [-0.15, -0.1) is 0 Å². The lowest BCUT2D eigenvalue weighted by Crippen LogP contribution is -2.51. The summed E-state index contributed by atoms with van der Waals surface area (Å²) >= 11 is 0. The zero-order valence-electron chi connectivity index (χ0n) is 12.6. The van der Waals surface area contributed by atoms with Crippen LogP contribution in [0.4, 0.5) is 11.5 Å². The van der Waals surface area contributed by atoms with Crippen molar-refractivity contribution in [2.24, 2.45) is 0 Å². The standard InChI is InChI=1S/C15H17N5O2/c1-11-7-13(18-10-17-11)19-5-6-20(15(21)9-19)12-3-4-16-14(8-12)22-2/h3-4,7-8,10H,5-6,9H2,1-2H3. The molecule has 22 heavy (non-hydrogen) atoms. The van der Waals surface area contributed by atoms with E-state index in [4.69, 9.17) is 4.74 Å². The van der Waals surface area contributed by atoms with E-state index in [1.165, 1.54) is 6.33 Å². The van der Waals surface area contributed by atoms with Crippen molar-refractivity contribution in [3.63, 3.8) is 0 Å². The van der Waals surface area contributed by atoms with E-state index in [1.807, 2.05) is 24.0 Å². The predicted octanol–water partition coefficient (Wildman–Crippen LogP) is 1.04. The number of ether oxygens (including phenoxy) is 1. The molecular formula is C15H17N5O2. The van der Waals surface area contributed by atoms with E-state index in [0.29, 0.717) is 25.5 Å². The monoisotopic (exact) mass is 299 g/mol. The molecule has 0 aliphatic carbocycles. The molecular weight excluding hydrogens is 282 g/mol. The van der Waals surface area contributed by atoms with Gasteiger partial charge < -0.3 is 14.5 Å². The summed E-state index contributed by atoms with van der Waals surface area (Å²) in [5, 5.41) is 0. The maximum atomic E-state index is 12.4. The molecule has 0 unspecified atom stereocenters. The molecule has 3 rings (SSSR count). The molecule has 0 aromatic carbocycles. The molecule has 0 bridgehead atoms. The van der Waals surface area contributed by atoms with Gasteiger partial charge in [0.15, 0.2) is 0 Å². The number of carbonyl (C=O) groups is 1. The first-order valence-electron chi connectivity index (χ1n) is 7.01. The number of aryl methyl sites for hydroxylation is 1. The fraction of sp³-hybridized carbons (Fsp3) is 0.333. The summed E-state index contributed by atoms with van der Waals surface area (Å²) in [5.41, 5.74) is 1.69. The number of piperazine rings is 1. The van der Waals surface area contributed by atoms with Crippen molar-refractivity contribution in [1.29, 1.82) is 0 Å². The van der Waals surface area contributed by atoms with Gasteiger partial charge in [0, 0.05) is 37.1 Å². The van der Waals surface area contributed by atoms with Crippen LogP contribution in [-0.4, -0.2) is 47.6 Å².